The Kier molecular flexibility index (Phi) is 5.63. The Balaban J connectivity index is 2.06. The molecule has 0 saturated heterocycles. The van der Waals surface area contributed by atoms with Gasteiger partial charge in [0.2, 0.25) is 5.78 Å². The molecule has 0 radical (unpaired) electrons. The molecule has 0 aliphatic carbocycles. The second-order valence-corrected chi connectivity index (χ2v) is 6.95. The molecule has 0 amide bonds. The standard InChI is InChI=1S/C18H17F2N5O2S/c1-9(17(22)27)25(11-2-3-12(19)13(20)8-11)18-24-16(21)15(28-18)14(26)10-4-6-23-7-5-10/h2-9,17,27H,21-22H2,1H3. The lowest BCUT2D eigenvalue weighted by molar-refractivity contribution is 0.104. The van der Waals surface area contributed by atoms with E-state index < -0.39 is 23.9 Å². The zero-order valence-corrected chi connectivity index (χ0v) is 15.5. The molecular formula is C18H17F2N5O2S. The smallest absolute Gasteiger partial charge is 0.206 e. The fraction of sp³-hybridized carbons (Fsp3) is 0.167. The molecule has 146 valence electrons. The number of anilines is 3. The summed E-state index contributed by atoms with van der Waals surface area (Å²) in [5.41, 5.74) is 12.1. The zero-order chi connectivity index (χ0) is 20.4. The Morgan fingerprint density at radius 3 is 2.50 bits per heavy atom. The number of nitrogens with two attached hydrogens (primary N) is 2. The summed E-state index contributed by atoms with van der Waals surface area (Å²) in [5, 5.41) is 10.0. The summed E-state index contributed by atoms with van der Waals surface area (Å²) in [6, 6.07) is 5.54. The number of hydrogen-bond donors (Lipinski definition) is 3. The average Bonchev–Trinajstić information content (AvgIpc) is 3.05. The number of carbonyl (C=O) groups excluding carboxylic acids is 1. The number of nitrogen functional groups attached to an aromatic ring is 1. The molecule has 2 unspecified atom stereocenters. The second-order valence-electron chi connectivity index (χ2n) is 5.98. The van der Waals surface area contributed by atoms with Crippen molar-refractivity contribution in [3.63, 3.8) is 0 Å². The number of halogens is 2. The fourth-order valence-corrected chi connectivity index (χ4v) is 3.59. The quantitative estimate of drug-likeness (QED) is 0.426. The summed E-state index contributed by atoms with van der Waals surface area (Å²) in [4.78, 5) is 22.3. The van der Waals surface area contributed by atoms with Gasteiger partial charge in [-0.15, -0.1) is 0 Å². The molecule has 0 bridgehead atoms. The maximum Gasteiger partial charge on any atom is 0.206 e. The highest BCUT2D eigenvalue weighted by Gasteiger charge is 2.27. The van der Waals surface area contributed by atoms with Crippen LogP contribution in [-0.4, -0.2) is 33.1 Å². The van der Waals surface area contributed by atoms with Crippen molar-refractivity contribution < 1.29 is 18.7 Å². The summed E-state index contributed by atoms with van der Waals surface area (Å²) in [7, 11) is 0. The van der Waals surface area contributed by atoms with Crippen molar-refractivity contribution in [2.45, 2.75) is 19.2 Å². The molecule has 28 heavy (non-hydrogen) atoms. The van der Waals surface area contributed by atoms with Gasteiger partial charge in [0.25, 0.3) is 0 Å². The van der Waals surface area contributed by atoms with Gasteiger partial charge in [0.15, 0.2) is 16.8 Å². The number of carbonyl (C=O) groups is 1. The van der Waals surface area contributed by atoms with Gasteiger partial charge in [-0.25, -0.2) is 13.8 Å². The lowest BCUT2D eigenvalue weighted by Gasteiger charge is -2.30. The highest BCUT2D eigenvalue weighted by atomic mass is 32.1. The van der Waals surface area contributed by atoms with E-state index in [9.17, 15) is 18.7 Å². The molecule has 3 aromatic rings. The molecule has 0 aliphatic rings. The number of aliphatic hydroxyl groups excluding tert-OH is 1. The largest absolute Gasteiger partial charge is 0.382 e. The summed E-state index contributed by atoms with van der Waals surface area (Å²) in [5.74, 6) is -2.46. The average molecular weight is 405 g/mol. The first kappa shape index (κ1) is 19.8. The van der Waals surface area contributed by atoms with Gasteiger partial charge in [-0.05, 0) is 31.2 Å². The maximum atomic E-state index is 13.8. The minimum atomic E-state index is -1.32. The van der Waals surface area contributed by atoms with Gasteiger partial charge >= 0.3 is 0 Å². The van der Waals surface area contributed by atoms with Crippen LogP contribution in [0.2, 0.25) is 0 Å². The van der Waals surface area contributed by atoms with E-state index >= 15 is 0 Å². The highest BCUT2D eigenvalue weighted by Crippen LogP contribution is 2.36. The molecule has 2 heterocycles. The van der Waals surface area contributed by atoms with Crippen LogP contribution in [0.1, 0.15) is 22.2 Å². The van der Waals surface area contributed by atoms with Crippen LogP contribution in [0.5, 0.6) is 0 Å². The van der Waals surface area contributed by atoms with Gasteiger partial charge in [0, 0.05) is 29.7 Å². The molecule has 0 saturated carbocycles. The Bertz CT molecular complexity index is 997. The SMILES string of the molecule is CC(C(N)O)N(c1ccc(F)c(F)c1)c1nc(N)c(C(=O)c2ccncc2)s1. The van der Waals surface area contributed by atoms with Gasteiger partial charge in [0.05, 0.1) is 6.04 Å². The van der Waals surface area contributed by atoms with Crippen molar-refractivity contribution in [3.8, 4) is 0 Å². The highest BCUT2D eigenvalue weighted by molar-refractivity contribution is 7.18. The zero-order valence-electron chi connectivity index (χ0n) is 14.7. The van der Waals surface area contributed by atoms with Crippen LogP contribution in [0, 0.1) is 11.6 Å². The summed E-state index contributed by atoms with van der Waals surface area (Å²) in [6.45, 7) is 1.58. The number of benzene rings is 1. The van der Waals surface area contributed by atoms with Gasteiger partial charge in [-0.2, -0.15) is 0 Å². The number of ketones is 1. The van der Waals surface area contributed by atoms with Crippen molar-refractivity contribution in [1.82, 2.24) is 9.97 Å². The predicted octanol–water partition coefficient (Wildman–Crippen LogP) is 2.43. The first-order chi connectivity index (χ1) is 13.3. The van der Waals surface area contributed by atoms with Crippen molar-refractivity contribution in [2.75, 3.05) is 10.6 Å². The number of aliphatic hydroxyl groups is 1. The summed E-state index contributed by atoms with van der Waals surface area (Å²) >= 11 is 0.958. The van der Waals surface area contributed by atoms with Gasteiger partial charge in [-0.1, -0.05) is 11.3 Å². The third kappa shape index (κ3) is 3.84. The molecule has 3 rings (SSSR count). The molecule has 10 heteroatoms. The fourth-order valence-electron chi connectivity index (χ4n) is 2.53. The lowest BCUT2D eigenvalue weighted by Crippen LogP contribution is -2.43. The number of nitrogens with zero attached hydrogens (tertiary/aromatic N) is 3. The number of pyridine rings is 1. The molecule has 0 fully saturated rings. The molecule has 0 aliphatic heterocycles. The van der Waals surface area contributed by atoms with E-state index in [4.69, 9.17) is 11.5 Å². The van der Waals surface area contributed by atoms with Crippen molar-refractivity contribution in [2.24, 2.45) is 5.73 Å². The van der Waals surface area contributed by atoms with Gasteiger partial charge < -0.3 is 21.5 Å². The van der Waals surface area contributed by atoms with E-state index in [0.29, 0.717) is 5.56 Å². The molecule has 1 aromatic carbocycles. The van der Waals surface area contributed by atoms with Crippen molar-refractivity contribution >= 4 is 33.8 Å². The number of hydrogen-bond acceptors (Lipinski definition) is 8. The topological polar surface area (TPSA) is 118 Å². The molecule has 7 nitrogen and oxygen atoms in total. The lowest BCUT2D eigenvalue weighted by atomic mass is 10.1. The Morgan fingerprint density at radius 1 is 1.21 bits per heavy atom. The molecular weight excluding hydrogens is 388 g/mol. The Hall–Kier alpha value is -2.95. The van der Waals surface area contributed by atoms with Gasteiger partial charge in [-0.3, -0.25) is 9.78 Å². The van der Waals surface area contributed by atoms with Crippen molar-refractivity contribution in [3.05, 3.63) is 64.8 Å². The number of aromatic nitrogens is 2. The van der Waals surface area contributed by atoms with E-state index in [1.54, 1.807) is 19.1 Å². The van der Waals surface area contributed by atoms with Crippen LogP contribution in [0.3, 0.4) is 0 Å². The van der Waals surface area contributed by atoms with Crippen LogP contribution >= 0.6 is 11.3 Å². The summed E-state index contributed by atoms with van der Waals surface area (Å²) < 4.78 is 27.1. The minimum Gasteiger partial charge on any atom is -0.382 e. The molecule has 2 atom stereocenters. The Morgan fingerprint density at radius 2 is 1.89 bits per heavy atom. The van der Waals surface area contributed by atoms with E-state index in [1.165, 1.54) is 23.4 Å². The third-order valence-corrected chi connectivity index (χ3v) is 5.15. The molecule has 5 N–H and O–H groups in total. The van der Waals surface area contributed by atoms with Gasteiger partial charge in [0.1, 0.15) is 16.9 Å². The third-order valence-electron chi connectivity index (χ3n) is 4.08. The van der Waals surface area contributed by atoms with Crippen LogP contribution in [0.15, 0.2) is 42.7 Å². The van der Waals surface area contributed by atoms with Crippen molar-refractivity contribution in [1.29, 1.82) is 0 Å². The Labute approximate surface area is 163 Å². The first-order valence-corrected chi connectivity index (χ1v) is 9.00. The number of thiazole rings is 1. The van der Waals surface area contributed by atoms with E-state index in [2.05, 4.69) is 9.97 Å². The maximum absolute atomic E-state index is 13.8. The van der Waals surface area contributed by atoms with Crippen LogP contribution in [0.4, 0.5) is 25.4 Å². The van der Waals surface area contributed by atoms with Crippen LogP contribution in [-0.2, 0) is 0 Å². The van der Waals surface area contributed by atoms with E-state index in [-0.39, 0.29) is 27.3 Å². The monoisotopic (exact) mass is 405 g/mol. The van der Waals surface area contributed by atoms with E-state index in [0.717, 1.165) is 23.5 Å². The normalized spacial score (nSPS) is 13.2. The minimum absolute atomic E-state index is 0.0203. The number of rotatable bonds is 6. The van der Waals surface area contributed by atoms with E-state index in [1.807, 2.05) is 0 Å². The van der Waals surface area contributed by atoms with Crippen LogP contribution < -0.4 is 16.4 Å². The second kappa shape index (κ2) is 7.97. The summed E-state index contributed by atoms with van der Waals surface area (Å²) in [6.07, 6.45) is 1.63. The first-order valence-electron chi connectivity index (χ1n) is 8.18. The molecule has 0 spiro atoms. The van der Waals surface area contributed by atoms with Crippen LogP contribution in [0.25, 0.3) is 0 Å². The molecule has 2 aromatic heterocycles. The predicted molar refractivity (Wildman–Crippen MR) is 102 cm³/mol.